The number of hydrogen-bond acceptors (Lipinski definition) is 4. The molecular weight excluding hydrogens is 340 g/mol. The van der Waals surface area contributed by atoms with Crippen molar-refractivity contribution in [2.24, 2.45) is 0 Å². The monoisotopic (exact) mass is 374 g/mol. The zero-order valence-corrected chi connectivity index (χ0v) is 16.4. The number of ketones is 1. The molecule has 0 heterocycles. The SMILES string of the molecule is CC/C=C\C[C@@H](O)/C=C/C=C\C=C\C=C\[C@H](O)[C@@H](O)C/C=C\CCC(C)=O. The molecule has 0 aliphatic rings. The van der Waals surface area contributed by atoms with Gasteiger partial charge in [-0.2, -0.15) is 0 Å². The van der Waals surface area contributed by atoms with Gasteiger partial charge in [-0.15, -0.1) is 0 Å². The van der Waals surface area contributed by atoms with Crippen LogP contribution in [0.3, 0.4) is 0 Å². The predicted molar refractivity (Wildman–Crippen MR) is 112 cm³/mol. The van der Waals surface area contributed by atoms with Crippen LogP contribution < -0.4 is 0 Å². The first kappa shape index (κ1) is 25.0. The van der Waals surface area contributed by atoms with Crippen LogP contribution in [0.25, 0.3) is 0 Å². The lowest BCUT2D eigenvalue weighted by Gasteiger charge is -2.11. The molecule has 4 nitrogen and oxygen atoms in total. The van der Waals surface area contributed by atoms with Crippen molar-refractivity contribution in [2.45, 2.75) is 64.3 Å². The smallest absolute Gasteiger partial charge is 0.130 e. The predicted octanol–water partition coefficient (Wildman–Crippen LogP) is 3.97. The third-order valence-corrected chi connectivity index (χ3v) is 3.58. The summed E-state index contributed by atoms with van der Waals surface area (Å²) in [6, 6.07) is 0. The van der Waals surface area contributed by atoms with Gasteiger partial charge >= 0.3 is 0 Å². The molecule has 0 amide bonds. The van der Waals surface area contributed by atoms with Gasteiger partial charge in [0.25, 0.3) is 0 Å². The Labute approximate surface area is 163 Å². The van der Waals surface area contributed by atoms with Crippen molar-refractivity contribution >= 4 is 5.78 Å². The summed E-state index contributed by atoms with van der Waals surface area (Å²) in [5, 5.41) is 29.3. The number of aliphatic hydroxyl groups excluding tert-OH is 3. The van der Waals surface area contributed by atoms with Gasteiger partial charge in [0.2, 0.25) is 0 Å². The molecule has 0 saturated heterocycles. The highest BCUT2D eigenvalue weighted by Crippen LogP contribution is 2.04. The van der Waals surface area contributed by atoms with Crippen LogP contribution in [0.5, 0.6) is 0 Å². The highest BCUT2D eigenvalue weighted by molar-refractivity contribution is 5.75. The van der Waals surface area contributed by atoms with Crippen LogP contribution in [0.2, 0.25) is 0 Å². The molecule has 0 aliphatic carbocycles. The number of hydrogen-bond donors (Lipinski definition) is 3. The topological polar surface area (TPSA) is 77.8 Å². The number of allylic oxidation sites excluding steroid dienone is 8. The van der Waals surface area contributed by atoms with E-state index >= 15 is 0 Å². The Balaban J connectivity index is 4.06. The van der Waals surface area contributed by atoms with Gasteiger partial charge < -0.3 is 20.1 Å². The molecule has 4 heteroatoms. The number of rotatable bonds is 14. The van der Waals surface area contributed by atoms with E-state index in [0.717, 1.165) is 6.42 Å². The van der Waals surface area contributed by atoms with E-state index in [-0.39, 0.29) is 5.78 Å². The summed E-state index contributed by atoms with van der Waals surface area (Å²) in [6.45, 7) is 3.60. The lowest BCUT2D eigenvalue weighted by Crippen LogP contribution is -2.22. The third kappa shape index (κ3) is 17.2. The van der Waals surface area contributed by atoms with Crippen LogP contribution >= 0.6 is 0 Å². The zero-order valence-electron chi connectivity index (χ0n) is 16.4. The highest BCUT2D eigenvalue weighted by atomic mass is 16.3. The van der Waals surface area contributed by atoms with E-state index in [4.69, 9.17) is 0 Å². The van der Waals surface area contributed by atoms with Crippen molar-refractivity contribution in [1.29, 1.82) is 0 Å². The summed E-state index contributed by atoms with van der Waals surface area (Å²) in [4.78, 5) is 10.8. The molecule has 0 fully saturated rings. The van der Waals surface area contributed by atoms with Crippen LogP contribution in [0.15, 0.2) is 72.9 Å². The molecule has 0 spiro atoms. The van der Waals surface area contributed by atoms with E-state index in [1.165, 1.54) is 6.08 Å². The van der Waals surface area contributed by atoms with Gasteiger partial charge in [0.15, 0.2) is 0 Å². The summed E-state index contributed by atoms with van der Waals surface area (Å²) in [7, 11) is 0. The van der Waals surface area contributed by atoms with Gasteiger partial charge in [-0.1, -0.05) is 79.8 Å². The second-order valence-electron chi connectivity index (χ2n) is 6.23. The van der Waals surface area contributed by atoms with E-state index in [1.807, 2.05) is 30.4 Å². The van der Waals surface area contributed by atoms with Crippen LogP contribution in [0.4, 0.5) is 0 Å². The van der Waals surface area contributed by atoms with E-state index < -0.39 is 18.3 Å². The molecule has 0 aromatic carbocycles. The quantitative estimate of drug-likeness (QED) is 0.318. The Hall–Kier alpha value is -2.01. The van der Waals surface area contributed by atoms with E-state index in [1.54, 1.807) is 43.4 Å². The molecule has 27 heavy (non-hydrogen) atoms. The molecule has 0 aromatic rings. The standard InChI is InChI=1S/C23H34O4/c1-3-4-10-16-21(25)17-12-7-5-6-8-13-18-22(26)23(27)19-14-9-11-15-20(2)24/h4-10,12-14,17-18,21-23,25-27H,3,11,15-16,19H2,1-2H3/b7-5-,8-6+,10-4-,14-9-,17-12+,18-13+/t21-,22+,23+/m1/s1. The van der Waals surface area contributed by atoms with Crippen molar-refractivity contribution in [3.05, 3.63) is 72.9 Å². The first-order valence-electron chi connectivity index (χ1n) is 9.49. The third-order valence-electron chi connectivity index (χ3n) is 3.58. The molecule has 0 aliphatic heterocycles. The van der Waals surface area contributed by atoms with Crippen molar-refractivity contribution in [2.75, 3.05) is 0 Å². The van der Waals surface area contributed by atoms with Crippen LogP contribution in [-0.4, -0.2) is 39.4 Å². The van der Waals surface area contributed by atoms with Gasteiger partial charge in [-0.25, -0.2) is 0 Å². The summed E-state index contributed by atoms with van der Waals surface area (Å²) in [5.74, 6) is 0.139. The zero-order chi connectivity index (χ0) is 20.3. The Morgan fingerprint density at radius 3 is 2.04 bits per heavy atom. The Morgan fingerprint density at radius 2 is 1.41 bits per heavy atom. The van der Waals surface area contributed by atoms with Crippen LogP contribution in [-0.2, 0) is 4.79 Å². The number of carbonyl (C=O) groups is 1. The fraction of sp³-hybridized carbons (Fsp3) is 0.435. The maximum absolute atomic E-state index is 10.8. The van der Waals surface area contributed by atoms with Gasteiger partial charge in [-0.05, 0) is 32.6 Å². The van der Waals surface area contributed by atoms with E-state index in [9.17, 15) is 20.1 Å². The van der Waals surface area contributed by atoms with Crippen molar-refractivity contribution in [3.8, 4) is 0 Å². The minimum atomic E-state index is -0.942. The first-order valence-corrected chi connectivity index (χ1v) is 9.49. The van der Waals surface area contributed by atoms with Crippen molar-refractivity contribution < 1.29 is 20.1 Å². The van der Waals surface area contributed by atoms with Crippen molar-refractivity contribution in [1.82, 2.24) is 0 Å². The molecule has 150 valence electrons. The molecule has 0 unspecified atom stereocenters. The van der Waals surface area contributed by atoms with Crippen LogP contribution in [0, 0.1) is 0 Å². The largest absolute Gasteiger partial charge is 0.390 e. The van der Waals surface area contributed by atoms with Gasteiger partial charge in [0, 0.05) is 6.42 Å². The molecule has 0 radical (unpaired) electrons. The Kier molecular flexibility index (Phi) is 16.1. The fourth-order valence-electron chi connectivity index (χ4n) is 2.02. The molecule has 0 saturated carbocycles. The highest BCUT2D eigenvalue weighted by Gasteiger charge is 2.10. The van der Waals surface area contributed by atoms with Gasteiger partial charge in [0.05, 0.1) is 18.3 Å². The van der Waals surface area contributed by atoms with Gasteiger partial charge in [0.1, 0.15) is 5.78 Å². The minimum absolute atomic E-state index is 0.139. The maximum atomic E-state index is 10.8. The minimum Gasteiger partial charge on any atom is -0.390 e. The molecule has 3 atom stereocenters. The van der Waals surface area contributed by atoms with Crippen molar-refractivity contribution in [3.63, 3.8) is 0 Å². The number of carbonyl (C=O) groups excluding carboxylic acids is 1. The molecule has 3 N–H and O–H groups in total. The lowest BCUT2D eigenvalue weighted by molar-refractivity contribution is -0.116. The number of Topliss-reactive ketones (excluding diaryl/α,β-unsaturated/α-hetero) is 1. The summed E-state index contributed by atoms with van der Waals surface area (Å²) >= 11 is 0. The number of aliphatic hydroxyl groups is 3. The summed E-state index contributed by atoms with van der Waals surface area (Å²) in [6.07, 6.45) is 22.3. The van der Waals surface area contributed by atoms with Gasteiger partial charge in [-0.3, -0.25) is 0 Å². The molecule has 0 rings (SSSR count). The average molecular weight is 375 g/mol. The second-order valence-corrected chi connectivity index (χ2v) is 6.23. The molecule has 0 aromatic heterocycles. The lowest BCUT2D eigenvalue weighted by atomic mass is 10.1. The maximum Gasteiger partial charge on any atom is 0.130 e. The summed E-state index contributed by atoms with van der Waals surface area (Å²) < 4.78 is 0. The van der Waals surface area contributed by atoms with E-state index in [0.29, 0.717) is 25.7 Å². The Morgan fingerprint density at radius 1 is 0.815 bits per heavy atom. The normalized spacial score (nSPS) is 16.6. The molecular formula is C23H34O4. The fourth-order valence-corrected chi connectivity index (χ4v) is 2.02. The molecule has 0 bridgehead atoms. The second kappa shape index (κ2) is 17.4. The summed E-state index contributed by atoms with van der Waals surface area (Å²) in [5.41, 5.74) is 0. The Bertz CT molecular complexity index is 553. The van der Waals surface area contributed by atoms with E-state index in [2.05, 4.69) is 6.92 Å². The first-order chi connectivity index (χ1) is 13.0. The van der Waals surface area contributed by atoms with Crippen LogP contribution in [0.1, 0.15) is 46.0 Å². The average Bonchev–Trinajstić information content (AvgIpc) is 2.63.